The van der Waals surface area contributed by atoms with Gasteiger partial charge in [0.1, 0.15) is 0 Å². The minimum Gasteiger partial charge on any atom is -0.310 e. The van der Waals surface area contributed by atoms with E-state index in [2.05, 4.69) is 30.6 Å². The SMILES string of the molecule is CCC(NCCCSC)c1cccc(Cl)c1. The number of rotatable bonds is 7. The van der Waals surface area contributed by atoms with Crippen molar-refractivity contribution in [2.24, 2.45) is 0 Å². The van der Waals surface area contributed by atoms with Gasteiger partial charge in [-0.05, 0) is 49.1 Å². The van der Waals surface area contributed by atoms with Gasteiger partial charge in [-0.2, -0.15) is 11.8 Å². The van der Waals surface area contributed by atoms with Crippen LogP contribution in [-0.2, 0) is 0 Å². The van der Waals surface area contributed by atoms with Gasteiger partial charge < -0.3 is 5.32 Å². The maximum Gasteiger partial charge on any atom is 0.0409 e. The predicted molar refractivity (Wildman–Crippen MR) is 75.5 cm³/mol. The van der Waals surface area contributed by atoms with Crippen LogP contribution in [0.15, 0.2) is 24.3 Å². The maximum absolute atomic E-state index is 6.00. The number of benzene rings is 1. The molecule has 0 aliphatic rings. The minimum absolute atomic E-state index is 0.431. The predicted octanol–water partition coefficient (Wildman–Crippen LogP) is 4.13. The van der Waals surface area contributed by atoms with Crippen LogP contribution < -0.4 is 5.32 Å². The van der Waals surface area contributed by atoms with Crippen LogP contribution in [0.25, 0.3) is 0 Å². The number of hydrogen-bond donors (Lipinski definition) is 1. The molecule has 3 heteroatoms. The van der Waals surface area contributed by atoms with E-state index in [-0.39, 0.29) is 0 Å². The molecule has 1 aromatic carbocycles. The van der Waals surface area contributed by atoms with E-state index >= 15 is 0 Å². The van der Waals surface area contributed by atoms with Gasteiger partial charge in [-0.3, -0.25) is 0 Å². The van der Waals surface area contributed by atoms with Gasteiger partial charge in [0.2, 0.25) is 0 Å². The molecule has 1 nitrogen and oxygen atoms in total. The molecule has 0 heterocycles. The summed E-state index contributed by atoms with van der Waals surface area (Å²) in [7, 11) is 0. The molecule has 0 aliphatic carbocycles. The molecular formula is C13H20ClNS. The molecule has 1 N–H and O–H groups in total. The fourth-order valence-corrected chi connectivity index (χ4v) is 2.35. The van der Waals surface area contributed by atoms with Crippen molar-refractivity contribution in [2.45, 2.75) is 25.8 Å². The second-order valence-electron chi connectivity index (χ2n) is 3.82. The third kappa shape index (κ3) is 4.77. The Bertz CT molecular complexity index is 304. The summed E-state index contributed by atoms with van der Waals surface area (Å²) >= 11 is 7.90. The number of hydrogen-bond acceptors (Lipinski definition) is 2. The summed E-state index contributed by atoms with van der Waals surface area (Å²) in [4.78, 5) is 0. The lowest BCUT2D eigenvalue weighted by Gasteiger charge is -2.17. The average molecular weight is 258 g/mol. The van der Waals surface area contributed by atoms with Gasteiger partial charge in [-0.25, -0.2) is 0 Å². The summed E-state index contributed by atoms with van der Waals surface area (Å²) in [5.41, 5.74) is 1.29. The van der Waals surface area contributed by atoms with Gasteiger partial charge >= 0.3 is 0 Å². The van der Waals surface area contributed by atoms with Crippen molar-refractivity contribution in [3.05, 3.63) is 34.9 Å². The van der Waals surface area contributed by atoms with E-state index in [0.29, 0.717) is 6.04 Å². The Morgan fingerprint density at radius 1 is 1.44 bits per heavy atom. The summed E-state index contributed by atoms with van der Waals surface area (Å²) in [6.45, 7) is 3.28. The summed E-state index contributed by atoms with van der Waals surface area (Å²) in [6.07, 6.45) is 4.46. The van der Waals surface area contributed by atoms with Gasteiger partial charge in [-0.15, -0.1) is 0 Å². The highest BCUT2D eigenvalue weighted by Crippen LogP contribution is 2.20. The summed E-state index contributed by atoms with van der Waals surface area (Å²) in [5.74, 6) is 1.22. The Kier molecular flexibility index (Phi) is 6.93. The molecule has 1 atom stereocenters. The molecule has 0 fully saturated rings. The Balaban J connectivity index is 2.47. The monoisotopic (exact) mass is 257 g/mol. The lowest BCUT2D eigenvalue weighted by Crippen LogP contribution is -2.22. The highest BCUT2D eigenvalue weighted by Gasteiger charge is 2.07. The van der Waals surface area contributed by atoms with E-state index in [1.54, 1.807) is 0 Å². The first kappa shape index (κ1) is 13.9. The molecule has 0 saturated heterocycles. The molecule has 0 aromatic heterocycles. The van der Waals surface area contributed by atoms with E-state index in [1.165, 1.54) is 17.7 Å². The van der Waals surface area contributed by atoms with E-state index in [1.807, 2.05) is 23.9 Å². The Labute approximate surface area is 108 Å². The molecule has 90 valence electrons. The zero-order valence-corrected chi connectivity index (χ0v) is 11.6. The van der Waals surface area contributed by atoms with E-state index in [9.17, 15) is 0 Å². The molecule has 1 rings (SSSR count). The summed E-state index contributed by atoms with van der Waals surface area (Å²) < 4.78 is 0. The van der Waals surface area contributed by atoms with Gasteiger partial charge in [-0.1, -0.05) is 30.7 Å². The fraction of sp³-hybridized carbons (Fsp3) is 0.538. The third-order valence-corrected chi connectivity index (χ3v) is 3.51. The molecule has 16 heavy (non-hydrogen) atoms. The van der Waals surface area contributed by atoms with Crippen molar-refractivity contribution in [3.8, 4) is 0 Å². The van der Waals surface area contributed by atoms with Crippen molar-refractivity contribution in [3.63, 3.8) is 0 Å². The Morgan fingerprint density at radius 2 is 2.25 bits per heavy atom. The molecule has 0 aliphatic heterocycles. The molecule has 0 saturated carbocycles. The molecule has 0 spiro atoms. The van der Waals surface area contributed by atoms with Crippen LogP contribution in [0, 0.1) is 0 Å². The van der Waals surface area contributed by atoms with Crippen LogP contribution in [0.3, 0.4) is 0 Å². The maximum atomic E-state index is 6.00. The van der Waals surface area contributed by atoms with Crippen LogP contribution in [0.5, 0.6) is 0 Å². The molecule has 0 radical (unpaired) electrons. The standard InChI is InChI=1S/C13H20ClNS/c1-3-13(15-8-5-9-16-2)11-6-4-7-12(14)10-11/h4,6-7,10,13,15H,3,5,8-9H2,1-2H3. The molecule has 1 unspecified atom stereocenters. The van der Waals surface area contributed by atoms with Gasteiger partial charge in [0.15, 0.2) is 0 Å². The van der Waals surface area contributed by atoms with Crippen molar-refractivity contribution in [2.75, 3.05) is 18.6 Å². The van der Waals surface area contributed by atoms with Crippen molar-refractivity contribution in [1.82, 2.24) is 5.32 Å². The summed E-state index contributed by atoms with van der Waals surface area (Å²) in [5, 5.41) is 4.40. The van der Waals surface area contributed by atoms with Gasteiger partial charge in [0.25, 0.3) is 0 Å². The minimum atomic E-state index is 0.431. The van der Waals surface area contributed by atoms with Gasteiger partial charge in [0.05, 0.1) is 0 Å². The van der Waals surface area contributed by atoms with Crippen LogP contribution in [0.4, 0.5) is 0 Å². The second kappa shape index (κ2) is 7.99. The van der Waals surface area contributed by atoms with Crippen LogP contribution >= 0.6 is 23.4 Å². The Hall–Kier alpha value is -0.180. The van der Waals surface area contributed by atoms with Crippen LogP contribution in [0.1, 0.15) is 31.4 Å². The lowest BCUT2D eigenvalue weighted by molar-refractivity contribution is 0.520. The number of halogens is 1. The smallest absolute Gasteiger partial charge is 0.0409 e. The van der Waals surface area contributed by atoms with Crippen LogP contribution in [-0.4, -0.2) is 18.6 Å². The normalized spacial score (nSPS) is 12.7. The van der Waals surface area contributed by atoms with Crippen molar-refractivity contribution >= 4 is 23.4 Å². The first-order valence-electron chi connectivity index (χ1n) is 5.75. The fourth-order valence-electron chi connectivity index (χ4n) is 1.71. The molecule has 0 bridgehead atoms. The molecule has 0 amide bonds. The third-order valence-electron chi connectivity index (χ3n) is 2.58. The first-order valence-corrected chi connectivity index (χ1v) is 7.53. The number of nitrogens with one attached hydrogen (secondary N) is 1. The molecule has 1 aromatic rings. The Morgan fingerprint density at radius 3 is 2.88 bits per heavy atom. The van der Waals surface area contributed by atoms with Crippen LogP contribution in [0.2, 0.25) is 5.02 Å². The van der Waals surface area contributed by atoms with Crippen molar-refractivity contribution < 1.29 is 0 Å². The quantitative estimate of drug-likeness (QED) is 0.737. The summed E-state index contributed by atoms with van der Waals surface area (Å²) in [6, 6.07) is 8.56. The highest BCUT2D eigenvalue weighted by molar-refractivity contribution is 7.98. The number of thioether (sulfide) groups is 1. The van der Waals surface area contributed by atoms with E-state index < -0.39 is 0 Å². The molecular weight excluding hydrogens is 238 g/mol. The topological polar surface area (TPSA) is 12.0 Å². The highest BCUT2D eigenvalue weighted by atomic mass is 35.5. The lowest BCUT2D eigenvalue weighted by atomic mass is 10.0. The average Bonchev–Trinajstić information content (AvgIpc) is 2.29. The largest absolute Gasteiger partial charge is 0.310 e. The van der Waals surface area contributed by atoms with Crippen molar-refractivity contribution in [1.29, 1.82) is 0 Å². The zero-order valence-electron chi connectivity index (χ0n) is 10.0. The van der Waals surface area contributed by atoms with Gasteiger partial charge in [0, 0.05) is 11.1 Å². The first-order chi connectivity index (χ1) is 7.77. The second-order valence-corrected chi connectivity index (χ2v) is 5.24. The zero-order chi connectivity index (χ0) is 11.8. The van der Waals surface area contributed by atoms with E-state index in [0.717, 1.165) is 18.0 Å². The van der Waals surface area contributed by atoms with E-state index in [4.69, 9.17) is 11.6 Å².